The van der Waals surface area contributed by atoms with Gasteiger partial charge < -0.3 is 16.0 Å². The highest BCUT2D eigenvalue weighted by molar-refractivity contribution is 6.02. The van der Waals surface area contributed by atoms with Gasteiger partial charge in [-0.1, -0.05) is 19.1 Å². The summed E-state index contributed by atoms with van der Waals surface area (Å²) in [6.07, 6.45) is 2.14. The molecule has 0 radical (unpaired) electrons. The van der Waals surface area contributed by atoms with E-state index in [4.69, 9.17) is 5.73 Å². The van der Waals surface area contributed by atoms with Crippen molar-refractivity contribution in [3.05, 3.63) is 24.3 Å². The number of nitrogens with zero attached hydrogens (tertiary/aromatic N) is 1. The lowest BCUT2D eigenvalue weighted by Gasteiger charge is -2.21. The van der Waals surface area contributed by atoms with Gasteiger partial charge in [0.15, 0.2) is 0 Å². The summed E-state index contributed by atoms with van der Waals surface area (Å²) in [5.41, 5.74) is 7.05. The number of para-hydroxylation sites is 2. The van der Waals surface area contributed by atoms with Gasteiger partial charge >= 0.3 is 0 Å². The smallest absolute Gasteiger partial charge is 0.228 e. The Labute approximate surface area is 119 Å². The van der Waals surface area contributed by atoms with E-state index in [1.807, 2.05) is 31.2 Å². The predicted molar refractivity (Wildman–Crippen MR) is 79.5 cm³/mol. The van der Waals surface area contributed by atoms with Crippen molar-refractivity contribution < 1.29 is 9.59 Å². The number of hydrogen-bond donors (Lipinski definition) is 2. The summed E-state index contributed by atoms with van der Waals surface area (Å²) in [6.45, 7) is 2.97. The molecule has 5 heteroatoms. The second kappa shape index (κ2) is 6.52. The molecule has 0 saturated carbocycles. The number of carbonyl (C=O) groups excluding carboxylic acids is 2. The van der Waals surface area contributed by atoms with Crippen LogP contribution in [0.1, 0.15) is 26.2 Å². The van der Waals surface area contributed by atoms with Crippen molar-refractivity contribution in [3.63, 3.8) is 0 Å². The summed E-state index contributed by atoms with van der Waals surface area (Å²) in [5, 5.41) is 2.90. The van der Waals surface area contributed by atoms with E-state index in [0.717, 1.165) is 12.1 Å². The van der Waals surface area contributed by atoms with Gasteiger partial charge in [0.2, 0.25) is 11.8 Å². The van der Waals surface area contributed by atoms with Crippen LogP contribution in [0.4, 0.5) is 11.4 Å². The Balaban J connectivity index is 2.20. The summed E-state index contributed by atoms with van der Waals surface area (Å²) < 4.78 is 0. The first-order valence-electron chi connectivity index (χ1n) is 7.07. The quantitative estimate of drug-likeness (QED) is 0.859. The van der Waals surface area contributed by atoms with E-state index < -0.39 is 0 Å². The van der Waals surface area contributed by atoms with Crippen molar-refractivity contribution in [2.75, 3.05) is 23.3 Å². The fourth-order valence-corrected chi connectivity index (χ4v) is 2.41. The number of carbonyl (C=O) groups is 2. The van der Waals surface area contributed by atoms with Crippen molar-refractivity contribution in [1.82, 2.24) is 0 Å². The van der Waals surface area contributed by atoms with Gasteiger partial charge in [-0.25, -0.2) is 0 Å². The van der Waals surface area contributed by atoms with Crippen LogP contribution in [0.5, 0.6) is 0 Å². The zero-order valence-corrected chi connectivity index (χ0v) is 11.8. The number of nitrogens with one attached hydrogen (secondary N) is 1. The van der Waals surface area contributed by atoms with Crippen molar-refractivity contribution in [2.45, 2.75) is 26.2 Å². The third-order valence-electron chi connectivity index (χ3n) is 3.67. The van der Waals surface area contributed by atoms with E-state index >= 15 is 0 Å². The Bertz CT molecular complexity index is 498. The number of rotatable bonds is 5. The van der Waals surface area contributed by atoms with Gasteiger partial charge in [0.1, 0.15) is 0 Å². The van der Waals surface area contributed by atoms with Gasteiger partial charge in [-0.2, -0.15) is 0 Å². The van der Waals surface area contributed by atoms with Gasteiger partial charge in [0.25, 0.3) is 0 Å². The highest BCUT2D eigenvalue weighted by Gasteiger charge is 2.24. The Morgan fingerprint density at radius 3 is 2.80 bits per heavy atom. The molecular formula is C15H21N3O2. The number of anilines is 2. The zero-order chi connectivity index (χ0) is 14.5. The molecule has 0 spiro atoms. The number of hydrogen-bond acceptors (Lipinski definition) is 3. The average Bonchev–Trinajstić information content (AvgIpc) is 2.87. The van der Waals surface area contributed by atoms with E-state index in [1.54, 1.807) is 4.90 Å². The van der Waals surface area contributed by atoms with Crippen LogP contribution in [0.3, 0.4) is 0 Å². The third kappa shape index (κ3) is 2.99. The molecule has 0 bridgehead atoms. The lowest BCUT2D eigenvalue weighted by atomic mass is 10.1. The maximum Gasteiger partial charge on any atom is 0.228 e. The van der Waals surface area contributed by atoms with Crippen LogP contribution in [-0.2, 0) is 9.59 Å². The summed E-state index contributed by atoms with van der Waals surface area (Å²) in [6, 6.07) is 7.41. The third-order valence-corrected chi connectivity index (χ3v) is 3.67. The lowest BCUT2D eigenvalue weighted by Crippen LogP contribution is -2.30. The van der Waals surface area contributed by atoms with Gasteiger partial charge in [0.05, 0.1) is 17.3 Å². The van der Waals surface area contributed by atoms with Crippen LogP contribution >= 0.6 is 0 Å². The summed E-state index contributed by atoms with van der Waals surface area (Å²) >= 11 is 0. The largest absolute Gasteiger partial charge is 0.330 e. The zero-order valence-electron chi connectivity index (χ0n) is 11.8. The molecule has 5 nitrogen and oxygen atoms in total. The Morgan fingerprint density at radius 1 is 1.45 bits per heavy atom. The first-order chi connectivity index (χ1) is 9.67. The van der Waals surface area contributed by atoms with E-state index in [9.17, 15) is 9.59 Å². The predicted octanol–water partition coefficient (Wildman–Crippen LogP) is 1.74. The second-order valence-electron chi connectivity index (χ2n) is 5.00. The van der Waals surface area contributed by atoms with Gasteiger partial charge in [-0.05, 0) is 25.0 Å². The first kappa shape index (κ1) is 14.5. The molecule has 1 atom stereocenters. The topological polar surface area (TPSA) is 75.4 Å². The number of nitrogens with two attached hydrogens (primary N) is 1. The summed E-state index contributed by atoms with van der Waals surface area (Å²) in [5.74, 6) is -0.177. The van der Waals surface area contributed by atoms with E-state index in [2.05, 4.69) is 5.32 Å². The Hall–Kier alpha value is -1.88. The molecule has 1 aliphatic rings. The molecule has 2 amide bonds. The second-order valence-corrected chi connectivity index (χ2v) is 5.00. The molecule has 1 saturated heterocycles. The highest BCUT2D eigenvalue weighted by Crippen LogP contribution is 2.29. The molecule has 1 fully saturated rings. The standard InChI is InChI=1S/C15H21N3O2/c1-2-11(10-16)15(20)17-12-6-3-4-7-13(12)18-9-5-8-14(18)19/h3-4,6-7,11H,2,5,8-10,16H2,1H3,(H,17,20). The molecule has 1 aromatic rings. The summed E-state index contributed by atoms with van der Waals surface area (Å²) in [7, 11) is 0. The lowest BCUT2D eigenvalue weighted by molar-refractivity contribution is -0.120. The van der Waals surface area contributed by atoms with Crippen molar-refractivity contribution in [3.8, 4) is 0 Å². The van der Waals surface area contributed by atoms with Crippen molar-refractivity contribution in [1.29, 1.82) is 0 Å². The van der Waals surface area contributed by atoms with Crippen molar-refractivity contribution >= 4 is 23.2 Å². The minimum Gasteiger partial charge on any atom is -0.330 e. The normalized spacial score (nSPS) is 16.3. The van der Waals surface area contributed by atoms with Crippen LogP contribution in [0.25, 0.3) is 0 Å². The van der Waals surface area contributed by atoms with Crippen LogP contribution < -0.4 is 16.0 Å². The minimum absolute atomic E-state index is 0.0888. The van der Waals surface area contributed by atoms with Gasteiger partial charge in [-0.15, -0.1) is 0 Å². The molecule has 20 heavy (non-hydrogen) atoms. The molecule has 1 aromatic carbocycles. The number of amides is 2. The molecule has 2 rings (SSSR count). The van der Waals surface area contributed by atoms with Gasteiger partial charge in [-0.3, -0.25) is 9.59 Å². The first-order valence-corrected chi connectivity index (χ1v) is 7.07. The molecule has 0 aliphatic carbocycles. The molecule has 0 aromatic heterocycles. The fraction of sp³-hybridized carbons (Fsp3) is 0.467. The van der Waals surface area contributed by atoms with E-state index in [0.29, 0.717) is 31.6 Å². The fourth-order valence-electron chi connectivity index (χ4n) is 2.41. The van der Waals surface area contributed by atoms with Crippen molar-refractivity contribution in [2.24, 2.45) is 11.7 Å². The van der Waals surface area contributed by atoms with Crippen LogP contribution in [0.15, 0.2) is 24.3 Å². The Kier molecular flexibility index (Phi) is 4.74. The molecule has 1 unspecified atom stereocenters. The SMILES string of the molecule is CCC(CN)C(=O)Nc1ccccc1N1CCCC1=O. The maximum atomic E-state index is 12.1. The highest BCUT2D eigenvalue weighted by atomic mass is 16.2. The molecule has 108 valence electrons. The molecule has 1 aliphatic heterocycles. The minimum atomic E-state index is -0.197. The van der Waals surface area contributed by atoms with Crippen LogP contribution in [-0.4, -0.2) is 24.9 Å². The maximum absolute atomic E-state index is 12.1. The Morgan fingerprint density at radius 2 is 2.20 bits per heavy atom. The van der Waals surface area contributed by atoms with E-state index in [-0.39, 0.29) is 17.7 Å². The summed E-state index contributed by atoms with van der Waals surface area (Å²) in [4.78, 5) is 25.7. The van der Waals surface area contributed by atoms with Gasteiger partial charge in [0, 0.05) is 19.5 Å². The van der Waals surface area contributed by atoms with E-state index in [1.165, 1.54) is 0 Å². The van der Waals surface area contributed by atoms with Crippen LogP contribution in [0, 0.1) is 5.92 Å². The average molecular weight is 275 g/mol. The number of benzene rings is 1. The molecule has 1 heterocycles. The monoisotopic (exact) mass is 275 g/mol. The van der Waals surface area contributed by atoms with Crippen LogP contribution in [0.2, 0.25) is 0 Å². The molecule has 3 N–H and O–H groups in total. The molecular weight excluding hydrogens is 254 g/mol.